The molecule has 0 radical (unpaired) electrons. The van der Waals surface area contributed by atoms with Crippen LogP contribution in [0, 0.1) is 0 Å². The van der Waals surface area contributed by atoms with E-state index in [9.17, 15) is 9.59 Å². The summed E-state index contributed by atoms with van der Waals surface area (Å²) in [4.78, 5) is 24.6. The van der Waals surface area contributed by atoms with Crippen LogP contribution < -0.4 is 4.90 Å². The van der Waals surface area contributed by atoms with E-state index in [0.717, 1.165) is 17.8 Å². The van der Waals surface area contributed by atoms with Gasteiger partial charge >= 0.3 is 0 Å². The molecule has 0 unspecified atom stereocenters. The molecule has 3 nitrogen and oxygen atoms in total. The van der Waals surface area contributed by atoms with E-state index >= 15 is 0 Å². The van der Waals surface area contributed by atoms with Crippen molar-refractivity contribution in [3.8, 4) is 0 Å². The maximum absolute atomic E-state index is 11.4. The molecule has 4 heteroatoms. The quantitative estimate of drug-likeness (QED) is 0.638. The fourth-order valence-corrected chi connectivity index (χ4v) is 2.42. The van der Waals surface area contributed by atoms with Crippen LogP contribution in [0.3, 0.4) is 0 Å². The van der Waals surface area contributed by atoms with E-state index in [1.54, 1.807) is 6.07 Å². The molecule has 0 spiro atoms. The molecule has 68 valence electrons. The number of fused-ring (bicyclic) bond motifs is 1. The van der Waals surface area contributed by atoms with E-state index in [-0.39, 0.29) is 5.78 Å². The molecule has 1 aliphatic heterocycles. The topological polar surface area (TPSA) is 37.4 Å². The van der Waals surface area contributed by atoms with Gasteiger partial charge in [-0.15, -0.1) is 11.3 Å². The Morgan fingerprint density at radius 1 is 1.62 bits per heavy atom. The van der Waals surface area contributed by atoms with E-state index in [2.05, 4.69) is 0 Å². The van der Waals surface area contributed by atoms with Crippen LogP contribution in [0.15, 0.2) is 6.07 Å². The van der Waals surface area contributed by atoms with Gasteiger partial charge in [0.25, 0.3) is 0 Å². The second-order valence-electron chi connectivity index (χ2n) is 3.08. The maximum atomic E-state index is 11.4. The van der Waals surface area contributed by atoms with Crippen molar-refractivity contribution >= 4 is 28.4 Å². The predicted molar refractivity (Wildman–Crippen MR) is 51.9 cm³/mol. The Labute approximate surface area is 80.0 Å². The zero-order chi connectivity index (χ0) is 9.42. The number of hydrogen-bond donors (Lipinski definition) is 0. The number of aldehydes is 1. The number of carbonyl (C=O) groups excluding carboxylic acids is 2. The van der Waals surface area contributed by atoms with Crippen LogP contribution in [0.2, 0.25) is 0 Å². The molecule has 2 rings (SSSR count). The average molecular weight is 195 g/mol. The summed E-state index contributed by atoms with van der Waals surface area (Å²) in [5.41, 5.74) is 0.709. The average Bonchev–Trinajstić information content (AvgIpc) is 2.56. The van der Waals surface area contributed by atoms with E-state index < -0.39 is 0 Å². The number of thiophene rings is 1. The summed E-state index contributed by atoms with van der Waals surface area (Å²) < 4.78 is 0. The van der Waals surface area contributed by atoms with Crippen LogP contribution >= 0.6 is 11.3 Å². The first-order chi connectivity index (χ1) is 6.22. The van der Waals surface area contributed by atoms with Crippen molar-refractivity contribution in [2.45, 2.75) is 6.42 Å². The van der Waals surface area contributed by atoms with E-state index in [4.69, 9.17) is 0 Å². The molecule has 0 aliphatic carbocycles. The molecule has 2 heterocycles. The monoisotopic (exact) mass is 195 g/mol. The Morgan fingerprint density at radius 3 is 3.00 bits per heavy atom. The number of carbonyl (C=O) groups is 2. The summed E-state index contributed by atoms with van der Waals surface area (Å²) in [5, 5.41) is 0.929. The first-order valence-electron chi connectivity index (χ1n) is 4.05. The molecular formula is C9H9NO2S. The van der Waals surface area contributed by atoms with Crippen LogP contribution in [0.1, 0.15) is 26.5 Å². The highest BCUT2D eigenvalue weighted by Crippen LogP contribution is 2.33. The highest BCUT2D eigenvalue weighted by atomic mass is 32.1. The van der Waals surface area contributed by atoms with Crippen LogP contribution in [-0.4, -0.2) is 25.7 Å². The minimum Gasteiger partial charge on any atom is -0.365 e. The van der Waals surface area contributed by atoms with Gasteiger partial charge in [0.1, 0.15) is 5.00 Å². The van der Waals surface area contributed by atoms with Crippen molar-refractivity contribution < 1.29 is 9.59 Å². The molecule has 0 fully saturated rings. The second kappa shape index (κ2) is 2.96. The zero-order valence-electron chi connectivity index (χ0n) is 7.24. The van der Waals surface area contributed by atoms with Gasteiger partial charge in [-0.3, -0.25) is 9.59 Å². The van der Waals surface area contributed by atoms with Crippen LogP contribution in [0.25, 0.3) is 0 Å². The summed E-state index contributed by atoms with van der Waals surface area (Å²) in [7, 11) is 1.94. The highest BCUT2D eigenvalue weighted by molar-refractivity contribution is 7.18. The first-order valence-corrected chi connectivity index (χ1v) is 4.87. The molecule has 0 bridgehead atoms. The van der Waals surface area contributed by atoms with Gasteiger partial charge in [0.15, 0.2) is 12.1 Å². The van der Waals surface area contributed by atoms with Crippen LogP contribution in [-0.2, 0) is 0 Å². The Morgan fingerprint density at radius 2 is 2.38 bits per heavy atom. The molecule has 1 aromatic rings. The summed E-state index contributed by atoms with van der Waals surface area (Å²) in [6.45, 7) is 0.755. The van der Waals surface area contributed by atoms with Crippen LogP contribution in [0.5, 0.6) is 0 Å². The standard InChI is InChI=1S/C9H9NO2S/c1-10-3-2-8(12)7-4-6(5-11)13-9(7)10/h4-5H,2-3H2,1H3. The largest absolute Gasteiger partial charge is 0.365 e. The SMILES string of the molecule is CN1CCC(=O)c2cc(C=O)sc21. The molecule has 0 amide bonds. The Bertz CT molecular complexity index is 370. The first kappa shape index (κ1) is 8.44. The fourth-order valence-electron chi connectivity index (χ4n) is 1.45. The van der Waals surface area contributed by atoms with Gasteiger partial charge in [-0.25, -0.2) is 0 Å². The van der Waals surface area contributed by atoms with E-state index in [1.807, 2.05) is 11.9 Å². The Kier molecular flexibility index (Phi) is 1.92. The third kappa shape index (κ3) is 1.27. The van der Waals surface area contributed by atoms with Gasteiger partial charge < -0.3 is 4.90 Å². The lowest BCUT2D eigenvalue weighted by molar-refractivity contribution is 0.0981. The van der Waals surface area contributed by atoms with Crippen LogP contribution in [0.4, 0.5) is 5.00 Å². The second-order valence-corrected chi connectivity index (χ2v) is 4.14. The number of anilines is 1. The lowest BCUT2D eigenvalue weighted by atomic mass is 10.1. The summed E-state index contributed by atoms with van der Waals surface area (Å²) in [6, 6.07) is 1.69. The van der Waals surface area contributed by atoms with Crippen molar-refractivity contribution in [2.75, 3.05) is 18.5 Å². The van der Waals surface area contributed by atoms with Crippen molar-refractivity contribution in [1.82, 2.24) is 0 Å². The smallest absolute Gasteiger partial charge is 0.167 e. The third-order valence-electron chi connectivity index (χ3n) is 2.17. The Balaban J connectivity index is 2.53. The van der Waals surface area contributed by atoms with E-state index in [0.29, 0.717) is 16.9 Å². The van der Waals surface area contributed by atoms with Gasteiger partial charge in [0, 0.05) is 20.0 Å². The number of rotatable bonds is 1. The zero-order valence-corrected chi connectivity index (χ0v) is 8.06. The number of hydrogen-bond acceptors (Lipinski definition) is 4. The minimum absolute atomic E-state index is 0.150. The number of nitrogens with zero attached hydrogens (tertiary/aromatic N) is 1. The number of ketones is 1. The third-order valence-corrected chi connectivity index (χ3v) is 3.34. The van der Waals surface area contributed by atoms with Crippen molar-refractivity contribution in [3.05, 3.63) is 16.5 Å². The maximum Gasteiger partial charge on any atom is 0.167 e. The molecule has 13 heavy (non-hydrogen) atoms. The Hall–Kier alpha value is -1.16. The van der Waals surface area contributed by atoms with Gasteiger partial charge in [-0.1, -0.05) is 0 Å². The minimum atomic E-state index is 0.150. The molecular weight excluding hydrogens is 186 g/mol. The summed E-state index contributed by atoms with van der Waals surface area (Å²) in [6.07, 6.45) is 1.35. The lowest BCUT2D eigenvalue weighted by Gasteiger charge is -2.22. The van der Waals surface area contributed by atoms with Gasteiger partial charge in [0.2, 0.25) is 0 Å². The summed E-state index contributed by atoms with van der Waals surface area (Å²) >= 11 is 1.38. The summed E-state index contributed by atoms with van der Waals surface area (Å²) in [5.74, 6) is 0.150. The predicted octanol–water partition coefficient (Wildman–Crippen LogP) is 1.58. The van der Waals surface area contributed by atoms with Gasteiger partial charge in [-0.05, 0) is 6.07 Å². The van der Waals surface area contributed by atoms with Crippen molar-refractivity contribution in [3.63, 3.8) is 0 Å². The van der Waals surface area contributed by atoms with Gasteiger partial charge in [0.05, 0.1) is 10.4 Å². The highest BCUT2D eigenvalue weighted by Gasteiger charge is 2.23. The fraction of sp³-hybridized carbons (Fsp3) is 0.333. The van der Waals surface area contributed by atoms with Crippen molar-refractivity contribution in [1.29, 1.82) is 0 Å². The van der Waals surface area contributed by atoms with Gasteiger partial charge in [-0.2, -0.15) is 0 Å². The molecule has 0 saturated carbocycles. The molecule has 0 atom stereocenters. The number of Topliss-reactive ketones (excluding diaryl/α,β-unsaturated/α-hetero) is 1. The lowest BCUT2D eigenvalue weighted by Crippen LogP contribution is -2.26. The normalized spacial score (nSPS) is 15.8. The molecule has 1 aliphatic rings. The van der Waals surface area contributed by atoms with E-state index in [1.165, 1.54) is 11.3 Å². The molecule has 0 saturated heterocycles. The van der Waals surface area contributed by atoms with Crippen molar-refractivity contribution in [2.24, 2.45) is 0 Å². The molecule has 0 N–H and O–H groups in total. The molecule has 1 aromatic heterocycles. The molecule has 0 aromatic carbocycles.